The summed E-state index contributed by atoms with van der Waals surface area (Å²) in [6.45, 7) is 0. The van der Waals surface area contributed by atoms with Gasteiger partial charge in [-0.2, -0.15) is 0 Å². The average Bonchev–Trinajstić information content (AvgIpc) is 2.86. The topological polar surface area (TPSA) is 0 Å². The first-order chi connectivity index (χ1) is 8.43. The maximum Gasteiger partial charge on any atom is -0.0352 e. The predicted molar refractivity (Wildman–Crippen MR) is 71.7 cm³/mol. The summed E-state index contributed by atoms with van der Waals surface area (Å²) >= 11 is 0. The summed E-state index contributed by atoms with van der Waals surface area (Å²) in [5.41, 5.74) is 0. The fourth-order valence-electron chi connectivity index (χ4n) is 6.45. The van der Waals surface area contributed by atoms with E-state index in [0.717, 1.165) is 11.8 Å². The second kappa shape index (κ2) is 4.28. The molecule has 0 heteroatoms. The molecule has 0 heterocycles. The van der Waals surface area contributed by atoms with E-state index in [1.807, 2.05) is 0 Å². The van der Waals surface area contributed by atoms with Gasteiger partial charge in [0.2, 0.25) is 0 Å². The van der Waals surface area contributed by atoms with Crippen LogP contribution in [0.15, 0.2) is 0 Å². The molecular formula is C17H28. The number of rotatable bonds is 0. The molecule has 6 atom stereocenters. The van der Waals surface area contributed by atoms with Crippen molar-refractivity contribution in [2.75, 3.05) is 0 Å². The molecule has 4 saturated carbocycles. The van der Waals surface area contributed by atoms with Crippen LogP contribution in [0.3, 0.4) is 0 Å². The zero-order valence-electron chi connectivity index (χ0n) is 11.2. The van der Waals surface area contributed by atoms with Gasteiger partial charge < -0.3 is 0 Å². The Bertz CT molecular complexity index is 282. The van der Waals surface area contributed by atoms with Crippen LogP contribution >= 0.6 is 0 Å². The minimum Gasteiger partial charge on any atom is -0.0530 e. The summed E-state index contributed by atoms with van der Waals surface area (Å²) in [7, 11) is 0. The quantitative estimate of drug-likeness (QED) is 0.549. The third-order valence-corrected chi connectivity index (χ3v) is 7.08. The Balaban J connectivity index is 1.56. The van der Waals surface area contributed by atoms with Gasteiger partial charge in [-0.3, -0.25) is 0 Å². The molecule has 0 amide bonds. The molecule has 0 aromatic rings. The van der Waals surface area contributed by atoms with Crippen LogP contribution < -0.4 is 0 Å². The Morgan fingerprint density at radius 2 is 0.882 bits per heavy atom. The van der Waals surface area contributed by atoms with E-state index in [1.54, 1.807) is 70.6 Å². The molecule has 0 nitrogen and oxygen atoms in total. The maximum atomic E-state index is 1.62. The highest BCUT2D eigenvalue weighted by Gasteiger charge is 2.48. The second-order valence-electron chi connectivity index (χ2n) is 7.55. The van der Waals surface area contributed by atoms with E-state index in [2.05, 4.69) is 0 Å². The molecular weight excluding hydrogens is 204 g/mol. The molecule has 0 N–H and O–H groups in total. The fraction of sp³-hybridized carbons (Fsp3) is 1.00. The largest absolute Gasteiger partial charge is 0.0530 e. The van der Waals surface area contributed by atoms with Gasteiger partial charge in [0.15, 0.2) is 0 Å². The van der Waals surface area contributed by atoms with E-state index < -0.39 is 0 Å². The number of fused-ring (bicyclic) bond motifs is 5. The molecule has 96 valence electrons. The summed E-state index contributed by atoms with van der Waals surface area (Å²) in [5, 5.41) is 0. The van der Waals surface area contributed by atoms with Gasteiger partial charge in [-0.15, -0.1) is 0 Å². The molecule has 2 unspecified atom stereocenters. The minimum absolute atomic E-state index is 1.16. The maximum absolute atomic E-state index is 1.62. The van der Waals surface area contributed by atoms with Gasteiger partial charge >= 0.3 is 0 Å². The van der Waals surface area contributed by atoms with Gasteiger partial charge in [-0.05, 0) is 74.0 Å². The van der Waals surface area contributed by atoms with Crippen molar-refractivity contribution in [1.82, 2.24) is 0 Å². The van der Waals surface area contributed by atoms with Gasteiger partial charge in [0.25, 0.3) is 0 Å². The summed E-state index contributed by atoms with van der Waals surface area (Å²) in [5.74, 6) is 7.02. The van der Waals surface area contributed by atoms with Crippen LogP contribution in [0.5, 0.6) is 0 Å². The summed E-state index contributed by atoms with van der Waals surface area (Å²) < 4.78 is 0. The van der Waals surface area contributed by atoms with Gasteiger partial charge in [0, 0.05) is 0 Å². The van der Waals surface area contributed by atoms with E-state index in [-0.39, 0.29) is 0 Å². The first-order valence-electron chi connectivity index (χ1n) is 8.43. The lowest BCUT2D eigenvalue weighted by Gasteiger charge is -2.51. The van der Waals surface area contributed by atoms with Gasteiger partial charge in [0.05, 0.1) is 0 Å². The first-order valence-corrected chi connectivity index (χ1v) is 8.43. The van der Waals surface area contributed by atoms with Crippen LogP contribution in [0.1, 0.15) is 70.6 Å². The van der Waals surface area contributed by atoms with Crippen molar-refractivity contribution < 1.29 is 0 Å². The van der Waals surface area contributed by atoms with E-state index in [4.69, 9.17) is 0 Å². The summed E-state index contributed by atoms with van der Waals surface area (Å²) in [6, 6.07) is 0. The third kappa shape index (κ3) is 1.70. The molecule has 0 bridgehead atoms. The monoisotopic (exact) mass is 232 g/mol. The zero-order chi connectivity index (χ0) is 11.2. The predicted octanol–water partition coefficient (Wildman–Crippen LogP) is 5.03. The van der Waals surface area contributed by atoms with Crippen LogP contribution in [0.2, 0.25) is 0 Å². The third-order valence-electron chi connectivity index (χ3n) is 7.08. The molecule has 4 rings (SSSR count). The SMILES string of the molecule is C1CC2C3CC[C@H]4CCCC[C@@H]4[C@H]3CC[C@@H]2C1. The first kappa shape index (κ1) is 10.9. The molecule has 0 aromatic heterocycles. The zero-order valence-corrected chi connectivity index (χ0v) is 11.2. The van der Waals surface area contributed by atoms with Crippen LogP contribution in [-0.2, 0) is 0 Å². The summed E-state index contributed by atoms with van der Waals surface area (Å²) in [4.78, 5) is 0. The van der Waals surface area contributed by atoms with Gasteiger partial charge in [-0.25, -0.2) is 0 Å². The van der Waals surface area contributed by atoms with E-state index in [1.165, 1.54) is 23.7 Å². The second-order valence-corrected chi connectivity index (χ2v) is 7.55. The summed E-state index contributed by atoms with van der Waals surface area (Å²) in [6.07, 6.45) is 17.5. The van der Waals surface area contributed by atoms with Crippen molar-refractivity contribution in [1.29, 1.82) is 0 Å². The standard InChI is InChI=1S/C17H28/c1-2-6-14-12(4-1)8-10-17-15-7-3-5-13(15)9-11-16(14)17/h12-17H,1-11H2/t12-,13+,14+,15?,16-,17?/m1/s1. The van der Waals surface area contributed by atoms with Crippen molar-refractivity contribution in [2.24, 2.45) is 35.5 Å². The molecule has 0 saturated heterocycles. The lowest BCUT2D eigenvalue weighted by atomic mass is 9.54. The molecule has 4 aliphatic rings. The average molecular weight is 232 g/mol. The van der Waals surface area contributed by atoms with Crippen molar-refractivity contribution in [3.05, 3.63) is 0 Å². The van der Waals surface area contributed by atoms with Crippen molar-refractivity contribution in [2.45, 2.75) is 70.6 Å². The van der Waals surface area contributed by atoms with Gasteiger partial charge in [-0.1, -0.05) is 32.1 Å². The Labute approximate surface area is 107 Å². The Kier molecular flexibility index (Phi) is 2.74. The highest BCUT2D eigenvalue weighted by molar-refractivity contribution is 4.98. The van der Waals surface area contributed by atoms with Crippen LogP contribution in [0.25, 0.3) is 0 Å². The lowest BCUT2D eigenvalue weighted by molar-refractivity contribution is -0.0184. The molecule has 4 fully saturated rings. The van der Waals surface area contributed by atoms with Crippen molar-refractivity contribution in [3.8, 4) is 0 Å². The van der Waals surface area contributed by atoms with Crippen molar-refractivity contribution in [3.63, 3.8) is 0 Å². The number of hydrogen-bond donors (Lipinski definition) is 0. The van der Waals surface area contributed by atoms with Gasteiger partial charge in [0.1, 0.15) is 0 Å². The fourth-order valence-corrected chi connectivity index (χ4v) is 6.45. The smallest absolute Gasteiger partial charge is 0.0352 e. The van der Waals surface area contributed by atoms with E-state index in [9.17, 15) is 0 Å². The highest BCUT2D eigenvalue weighted by atomic mass is 14.5. The minimum atomic E-state index is 1.16. The van der Waals surface area contributed by atoms with Crippen LogP contribution in [0, 0.1) is 35.5 Å². The molecule has 17 heavy (non-hydrogen) atoms. The lowest BCUT2D eigenvalue weighted by Crippen LogP contribution is -2.43. The molecule has 0 aromatic carbocycles. The van der Waals surface area contributed by atoms with E-state index in [0.29, 0.717) is 0 Å². The molecule has 0 radical (unpaired) electrons. The normalized spacial score (nSPS) is 53.6. The van der Waals surface area contributed by atoms with Crippen LogP contribution in [0.4, 0.5) is 0 Å². The molecule has 0 aliphatic heterocycles. The molecule has 4 aliphatic carbocycles. The highest BCUT2D eigenvalue weighted by Crippen LogP contribution is 2.57. The molecule has 0 spiro atoms. The Morgan fingerprint density at radius 3 is 1.59 bits per heavy atom. The number of hydrogen-bond acceptors (Lipinski definition) is 0. The van der Waals surface area contributed by atoms with Crippen LogP contribution in [-0.4, -0.2) is 0 Å². The Hall–Kier alpha value is 0. The van der Waals surface area contributed by atoms with E-state index >= 15 is 0 Å². The van der Waals surface area contributed by atoms with Crippen molar-refractivity contribution >= 4 is 0 Å². The Morgan fingerprint density at radius 1 is 0.353 bits per heavy atom.